The Morgan fingerprint density at radius 1 is 1.09 bits per heavy atom. The Bertz CT molecular complexity index is 1340. The summed E-state index contributed by atoms with van der Waals surface area (Å²) >= 11 is 0. The molecule has 2 saturated carbocycles. The molecule has 0 aliphatic heterocycles. The fourth-order valence-corrected chi connectivity index (χ4v) is 5.84. The van der Waals surface area contributed by atoms with Gasteiger partial charge in [-0.1, -0.05) is 6.07 Å². The van der Waals surface area contributed by atoms with E-state index in [0.717, 1.165) is 24.4 Å². The van der Waals surface area contributed by atoms with Crippen molar-refractivity contribution in [2.45, 2.75) is 61.4 Å². The van der Waals surface area contributed by atoms with Crippen LogP contribution in [0.5, 0.6) is 0 Å². The molecule has 2 aliphatic carbocycles. The summed E-state index contributed by atoms with van der Waals surface area (Å²) in [5.41, 5.74) is 1.48. The SMILES string of the molecule is CN(c1nccc(Nc2cc(C3CC3)[nH]n2)n1)C1CCC(NS(=O)(=O)c2cccc(C#N)c2)CC1. The first-order valence-corrected chi connectivity index (χ1v) is 13.3. The first-order chi connectivity index (χ1) is 16.9. The second kappa shape index (κ2) is 9.64. The summed E-state index contributed by atoms with van der Waals surface area (Å²) in [7, 11) is -1.70. The number of H-pyrrole nitrogens is 1. The molecule has 0 atom stereocenters. The maximum atomic E-state index is 12.8. The predicted octanol–water partition coefficient (Wildman–Crippen LogP) is 3.42. The van der Waals surface area contributed by atoms with Gasteiger partial charge in [0.15, 0.2) is 5.82 Å². The van der Waals surface area contributed by atoms with Gasteiger partial charge in [0.2, 0.25) is 16.0 Å². The Balaban J connectivity index is 1.18. The largest absolute Gasteiger partial charge is 0.341 e. The first-order valence-electron chi connectivity index (χ1n) is 11.8. The third kappa shape index (κ3) is 5.44. The van der Waals surface area contributed by atoms with Crippen molar-refractivity contribution in [3.63, 3.8) is 0 Å². The molecular weight excluding hydrogens is 464 g/mol. The lowest BCUT2D eigenvalue weighted by molar-refractivity contribution is 0.363. The average molecular weight is 493 g/mol. The van der Waals surface area contributed by atoms with E-state index in [9.17, 15) is 8.42 Å². The van der Waals surface area contributed by atoms with Gasteiger partial charge in [0.25, 0.3) is 0 Å². The highest BCUT2D eigenvalue weighted by molar-refractivity contribution is 7.89. The maximum absolute atomic E-state index is 12.8. The highest BCUT2D eigenvalue weighted by Crippen LogP contribution is 2.39. The molecule has 2 aromatic heterocycles. The Hall–Kier alpha value is -3.49. The minimum atomic E-state index is -3.67. The van der Waals surface area contributed by atoms with Crippen LogP contribution in [-0.2, 0) is 10.0 Å². The number of hydrogen-bond donors (Lipinski definition) is 3. The van der Waals surface area contributed by atoms with E-state index in [1.807, 2.05) is 25.2 Å². The van der Waals surface area contributed by atoms with Gasteiger partial charge in [0.05, 0.1) is 16.5 Å². The summed E-state index contributed by atoms with van der Waals surface area (Å²) in [4.78, 5) is 11.3. The molecule has 5 rings (SSSR count). The van der Waals surface area contributed by atoms with Crippen LogP contribution in [0.1, 0.15) is 55.7 Å². The Labute approximate surface area is 204 Å². The summed E-state index contributed by atoms with van der Waals surface area (Å²) in [6.07, 6.45) is 7.19. The minimum Gasteiger partial charge on any atom is -0.341 e. The lowest BCUT2D eigenvalue weighted by atomic mass is 9.91. The standard InChI is InChI=1S/C24H28N8O2S/c1-32(24-26-12-11-22(28-24)27-23-14-21(29-30-23)17-5-6-17)19-9-7-18(8-10-19)31-35(33,34)20-4-2-3-16(13-20)15-25/h2-4,11-14,17-19,31H,5-10H2,1H3,(H2,26,27,28,29,30). The molecule has 0 radical (unpaired) electrons. The smallest absolute Gasteiger partial charge is 0.240 e. The lowest BCUT2D eigenvalue weighted by Crippen LogP contribution is -2.43. The first kappa shape index (κ1) is 23.3. The number of nitrogens with one attached hydrogen (secondary N) is 3. The topological polar surface area (TPSA) is 140 Å². The van der Waals surface area contributed by atoms with E-state index in [2.05, 4.69) is 35.1 Å². The molecule has 10 nitrogen and oxygen atoms in total. The van der Waals surface area contributed by atoms with Gasteiger partial charge in [-0.05, 0) is 62.8 Å². The van der Waals surface area contributed by atoms with Crippen molar-refractivity contribution in [3.8, 4) is 6.07 Å². The molecule has 0 spiro atoms. The zero-order valence-corrected chi connectivity index (χ0v) is 20.3. The third-order valence-corrected chi connectivity index (χ3v) is 8.19. The molecule has 2 aliphatic rings. The third-order valence-electron chi connectivity index (χ3n) is 6.67. The van der Waals surface area contributed by atoms with Gasteiger partial charge in [-0.2, -0.15) is 15.3 Å². The van der Waals surface area contributed by atoms with Crippen LogP contribution in [0.4, 0.5) is 17.6 Å². The fourth-order valence-electron chi connectivity index (χ4n) is 4.49. The van der Waals surface area contributed by atoms with Crippen molar-refractivity contribution in [2.75, 3.05) is 17.3 Å². The monoisotopic (exact) mass is 492 g/mol. The minimum absolute atomic E-state index is 0.120. The summed E-state index contributed by atoms with van der Waals surface area (Å²) in [6.45, 7) is 0. The van der Waals surface area contributed by atoms with Gasteiger partial charge in [-0.15, -0.1) is 0 Å². The molecule has 0 bridgehead atoms. The van der Waals surface area contributed by atoms with Crippen LogP contribution in [0.25, 0.3) is 0 Å². The predicted molar refractivity (Wildman–Crippen MR) is 132 cm³/mol. The molecular formula is C24H28N8O2S. The summed E-state index contributed by atoms with van der Waals surface area (Å²) < 4.78 is 28.3. The average Bonchev–Trinajstić information content (AvgIpc) is 3.63. The Kier molecular flexibility index (Phi) is 6.40. The van der Waals surface area contributed by atoms with Crippen molar-refractivity contribution < 1.29 is 8.42 Å². The molecule has 1 aromatic carbocycles. The van der Waals surface area contributed by atoms with Crippen molar-refractivity contribution in [1.82, 2.24) is 24.9 Å². The number of rotatable bonds is 8. The van der Waals surface area contributed by atoms with Gasteiger partial charge in [0, 0.05) is 43.0 Å². The van der Waals surface area contributed by atoms with E-state index in [4.69, 9.17) is 5.26 Å². The van der Waals surface area contributed by atoms with Crippen LogP contribution in [0.3, 0.4) is 0 Å². The van der Waals surface area contributed by atoms with Crippen LogP contribution >= 0.6 is 0 Å². The molecule has 0 saturated heterocycles. The lowest BCUT2D eigenvalue weighted by Gasteiger charge is -2.34. The molecule has 2 heterocycles. The van der Waals surface area contributed by atoms with Gasteiger partial charge >= 0.3 is 0 Å². The van der Waals surface area contributed by atoms with E-state index < -0.39 is 10.0 Å². The number of nitriles is 1. The Morgan fingerprint density at radius 2 is 1.89 bits per heavy atom. The molecule has 2 fully saturated rings. The van der Waals surface area contributed by atoms with E-state index >= 15 is 0 Å². The fraction of sp³-hybridized carbons (Fsp3) is 0.417. The van der Waals surface area contributed by atoms with Crippen LogP contribution in [-0.4, -0.2) is 47.7 Å². The number of aromatic amines is 1. The number of aromatic nitrogens is 4. The molecule has 35 heavy (non-hydrogen) atoms. The van der Waals surface area contributed by atoms with Gasteiger partial charge in [0.1, 0.15) is 5.82 Å². The van der Waals surface area contributed by atoms with Crippen LogP contribution in [0.2, 0.25) is 0 Å². The van der Waals surface area contributed by atoms with Crippen molar-refractivity contribution in [1.29, 1.82) is 5.26 Å². The second-order valence-corrected chi connectivity index (χ2v) is 10.9. The van der Waals surface area contributed by atoms with Crippen LogP contribution in [0, 0.1) is 11.3 Å². The van der Waals surface area contributed by atoms with Gasteiger partial charge in [-0.25, -0.2) is 18.1 Å². The van der Waals surface area contributed by atoms with E-state index in [0.29, 0.717) is 36.1 Å². The van der Waals surface area contributed by atoms with E-state index in [1.165, 1.54) is 25.0 Å². The van der Waals surface area contributed by atoms with Crippen molar-refractivity contribution in [3.05, 3.63) is 53.9 Å². The van der Waals surface area contributed by atoms with E-state index in [1.54, 1.807) is 18.3 Å². The zero-order valence-electron chi connectivity index (χ0n) is 19.5. The number of sulfonamides is 1. The van der Waals surface area contributed by atoms with Crippen LogP contribution in [0.15, 0.2) is 47.5 Å². The highest BCUT2D eigenvalue weighted by Gasteiger charge is 2.29. The molecule has 0 amide bonds. The number of hydrogen-bond acceptors (Lipinski definition) is 8. The Morgan fingerprint density at radius 3 is 2.63 bits per heavy atom. The van der Waals surface area contributed by atoms with Crippen LogP contribution < -0.4 is 14.9 Å². The number of nitrogens with zero attached hydrogens (tertiary/aromatic N) is 5. The molecule has 11 heteroatoms. The van der Waals surface area contributed by atoms with Crippen molar-refractivity contribution in [2.24, 2.45) is 0 Å². The number of benzene rings is 1. The normalized spacial score (nSPS) is 20.2. The second-order valence-electron chi connectivity index (χ2n) is 9.23. The number of anilines is 3. The van der Waals surface area contributed by atoms with E-state index in [-0.39, 0.29) is 17.0 Å². The molecule has 182 valence electrons. The maximum Gasteiger partial charge on any atom is 0.240 e. The van der Waals surface area contributed by atoms with Crippen molar-refractivity contribution >= 4 is 27.6 Å². The molecule has 0 unspecified atom stereocenters. The zero-order chi connectivity index (χ0) is 24.4. The summed E-state index contributed by atoms with van der Waals surface area (Å²) in [6, 6.07) is 12.0. The van der Waals surface area contributed by atoms with Gasteiger partial charge in [-0.3, -0.25) is 5.10 Å². The highest BCUT2D eigenvalue weighted by atomic mass is 32.2. The summed E-state index contributed by atoms with van der Waals surface area (Å²) in [5.74, 6) is 2.64. The summed E-state index contributed by atoms with van der Waals surface area (Å²) in [5, 5.41) is 19.7. The molecule has 3 N–H and O–H groups in total. The van der Waals surface area contributed by atoms with Gasteiger partial charge < -0.3 is 10.2 Å². The molecule has 3 aromatic rings. The quantitative estimate of drug-likeness (QED) is 0.435.